The number of hydrogen-bond acceptors (Lipinski definition) is 8. The van der Waals surface area contributed by atoms with Crippen LogP contribution in [-0.4, -0.2) is 48.1 Å². The van der Waals surface area contributed by atoms with Crippen LogP contribution in [-0.2, 0) is 19.4 Å². The summed E-state index contributed by atoms with van der Waals surface area (Å²) in [7, 11) is -4.01. The Morgan fingerprint density at radius 2 is 1.96 bits per heavy atom. The lowest BCUT2D eigenvalue weighted by Crippen LogP contribution is -2.62. The van der Waals surface area contributed by atoms with Crippen molar-refractivity contribution < 1.29 is 23.1 Å². The summed E-state index contributed by atoms with van der Waals surface area (Å²) < 4.78 is 27.0. The summed E-state index contributed by atoms with van der Waals surface area (Å²) in [6.07, 6.45) is 6.32. The molecular formula is C17H15N2O5S3-. The molecule has 0 saturated carbocycles. The van der Waals surface area contributed by atoms with Crippen molar-refractivity contribution >= 4 is 51.3 Å². The van der Waals surface area contributed by atoms with Crippen molar-refractivity contribution in [1.29, 1.82) is 0 Å². The predicted molar refractivity (Wildman–Crippen MR) is 104 cm³/mol. The van der Waals surface area contributed by atoms with Crippen LogP contribution in [0.15, 0.2) is 50.4 Å². The summed E-state index contributed by atoms with van der Waals surface area (Å²) in [5.74, 6) is -2.27. The first-order valence-electron chi connectivity index (χ1n) is 7.70. The molecule has 0 unspecified atom stereocenters. The lowest BCUT2D eigenvalue weighted by atomic mass is 10.0. The van der Waals surface area contributed by atoms with Gasteiger partial charge in [0.05, 0.1) is 32.1 Å². The van der Waals surface area contributed by atoms with Gasteiger partial charge in [0.15, 0.2) is 5.37 Å². The Hall–Kier alpha value is -2.04. The van der Waals surface area contributed by atoms with Crippen LogP contribution in [0.2, 0.25) is 0 Å². The number of aromatic nitrogens is 1. The maximum absolute atomic E-state index is 13.3. The summed E-state index contributed by atoms with van der Waals surface area (Å²) in [4.78, 5) is 29.1. The first-order chi connectivity index (χ1) is 12.8. The topological polar surface area (TPSA) is 107 Å². The number of pyridine rings is 1. The molecule has 0 radical (unpaired) electrons. The van der Waals surface area contributed by atoms with Gasteiger partial charge in [0, 0.05) is 6.20 Å². The maximum Gasteiger partial charge on any atom is 0.258 e. The Balaban J connectivity index is 2.27. The molecule has 10 heteroatoms. The first-order valence-corrected chi connectivity index (χ1v) is 11.7. The summed E-state index contributed by atoms with van der Waals surface area (Å²) in [6.45, 7) is 1.38. The number of carbonyl (C=O) groups is 2. The van der Waals surface area contributed by atoms with Crippen molar-refractivity contribution in [3.05, 3.63) is 56.1 Å². The number of carboxylic acid groups (broad SMARTS) is 1. The van der Waals surface area contributed by atoms with Crippen LogP contribution in [0.4, 0.5) is 0 Å². The molecule has 0 N–H and O–H groups in total. The molecule has 7 nitrogen and oxygen atoms in total. The van der Waals surface area contributed by atoms with Crippen LogP contribution >= 0.6 is 23.5 Å². The molecule has 2 aliphatic heterocycles. The molecular weight excluding hydrogens is 408 g/mol. The minimum Gasteiger partial charge on any atom is -0.543 e. The number of thioether (sulfide) groups is 2. The molecule has 0 bridgehead atoms. The lowest BCUT2D eigenvalue weighted by molar-refractivity contribution is -0.301. The number of aliphatic carboxylic acids is 1. The van der Waals surface area contributed by atoms with Crippen molar-refractivity contribution in [3.8, 4) is 0 Å². The van der Waals surface area contributed by atoms with Gasteiger partial charge in [-0.15, -0.1) is 23.5 Å². The average Bonchev–Trinajstić information content (AvgIpc) is 2.63. The van der Waals surface area contributed by atoms with E-state index in [2.05, 4.69) is 4.98 Å². The number of nitrogens with zero attached hydrogens (tertiary/aromatic N) is 2. The molecule has 0 aromatic carbocycles. The molecule has 3 rings (SSSR count). The minimum absolute atomic E-state index is 0.00943. The number of rotatable bonds is 4. The van der Waals surface area contributed by atoms with Gasteiger partial charge in [-0.2, -0.15) is 0 Å². The van der Waals surface area contributed by atoms with Gasteiger partial charge < -0.3 is 9.90 Å². The van der Waals surface area contributed by atoms with Crippen molar-refractivity contribution in [3.63, 3.8) is 0 Å². The van der Waals surface area contributed by atoms with Gasteiger partial charge in [-0.3, -0.25) is 14.7 Å². The highest BCUT2D eigenvalue weighted by Crippen LogP contribution is 2.48. The Labute approximate surface area is 165 Å². The van der Waals surface area contributed by atoms with E-state index in [-0.39, 0.29) is 16.1 Å². The standard InChI is InChI=1S/C17H16N2O5S3/c1-9-12(16(21)22)19-14(20)11(8-10-6-4-5-7-18-10)15(19)27(23,24)13(9)17(25-2)26-3/h4-8,15H,1-3H3,(H,21,22)/p-1/b11-8-/t15-/m1/s1. The van der Waals surface area contributed by atoms with Crippen molar-refractivity contribution in [2.45, 2.75) is 12.3 Å². The zero-order chi connectivity index (χ0) is 19.9. The summed E-state index contributed by atoms with van der Waals surface area (Å²) in [6, 6.07) is 5.03. The van der Waals surface area contributed by atoms with Crippen LogP contribution in [0.1, 0.15) is 12.6 Å². The number of amides is 1. The molecule has 1 saturated heterocycles. The zero-order valence-electron chi connectivity index (χ0n) is 14.6. The van der Waals surface area contributed by atoms with Gasteiger partial charge in [-0.25, -0.2) is 8.42 Å². The van der Waals surface area contributed by atoms with E-state index in [0.29, 0.717) is 9.93 Å². The normalized spacial score (nSPS) is 22.6. The molecule has 0 spiro atoms. The van der Waals surface area contributed by atoms with Gasteiger partial charge in [-0.05, 0) is 43.2 Å². The first kappa shape index (κ1) is 19.7. The third kappa shape index (κ3) is 3.01. The fraction of sp³-hybridized carbons (Fsp3) is 0.235. The van der Waals surface area contributed by atoms with Gasteiger partial charge in [0.25, 0.3) is 5.91 Å². The number of sulfone groups is 1. The van der Waals surface area contributed by atoms with E-state index in [1.54, 1.807) is 30.7 Å². The molecule has 142 valence electrons. The van der Waals surface area contributed by atoms with E-state index < -0.39 is 32.8 Å². The molecule has 1 fully saturated rings. The molecule has 27 heavy (non-hydrogen) atoms. The van der Waals surface area contributed by atoms with E-state index in [9.17, 15) is 23.1 Å². The quantitative estimate of drug-likeness (QED) is 0.521. The van der Waals surface area contributed by atoms with E-state index >= 15 is 0 Å². The van der Waals surface area contributed by atoms with Gasteiger partial charge in [-0.1, -0.05) is 6.07 Å². The summed E-state index contributed by atoms with van der Waals surface area (Å²) in [5.41, 5.74) is 0.000231. The Kier molecular flexibility index (Phi) is 5.24. The Bertz CT molecular complexity index is 1020. The summed E-state index contributed by atoms with van der Waals surface area (Å²) in [5, 5.41) is 10.3. The number of hydrogen-bond donors (Lipinski definition) is 0. The maximum atomic E-state index is 13.3. The molecule has 1 amide bonds. The second-order valence-corrected chi connectivity index (χ2v) is 9.55. The van der Waals surface area contributed by atoms with E-state index in [1.807, 2.05) is 0 Å². The van der Waals surface area contributed by atoms with E-state index in [4.69, 9.17) is 0 Å². The molecule has 1 aromatic heterocycles. The molecule has 3 heterocycles. The van der Waals surface area contributed by atoms with Crippen molar-refractivity contribution in [2.75, 3.05) is 12.5 Å². The minimum atomic E-state index is -4.01. The predicted octanol–water partition coefficient (Wildman–Crippen LogP) is 0.981. The number of allylic oxidation sites excluding steroid dienone is 1. The monoisotopic (exact) mass is 423 g/mol. The van der Waals surface area contributed by atoms with Crippen molar-refractivity contribution in [2.24, 2.45) is 0 Å². The van der Waals surface area contributed by atoms with E-state index in [0.717, 1.165) is 4.90 Å². The second kappa shape index (κ2) is 7.17. The highest BCUT2D eigenvalue weighted by Gasteiger charge is 2.57. The van der Waals surface area contributed by atoms with Gasteiger partial charge in [0.2, 0.25) is 9.84 Å². The lowest BCUT2D eigenvalue weighted by Gasteiger charge is -2.47. The SMILES string of the molecule is CSC(SC)=C1C(C)=C(C(=O)[O-])N2C(=O)/C(=C/c3ccccn3)[C@H]2S1(=O)=O. The second-order valence-electron chi connectivity index (χ2n) is 5.71. The molecule has 1 aromatic rings. The smallest absolute Gasteiger partial charge is 0.258 e. The zero-order valence-corrected chi connectivity index (χ0v) is 17.1. The number of β-lactam (4-membered cyclic amide) rings is 1. The molecule has 0 aliphatic carbocycles. The van der Waals surface area contributed by atoms with Gasteiger partial charge in [0.1, 0.15) is 0 Å². The largest absolute Gasteiger partial charge is 0.543 e. The van der Waals surface area contributed by atoms with Crippen LogP contribution in [0.25, 0.3) is 6.08 Å². The Morgan fingerprint density at radius 1 is 1.30 bits per heavy atom. The average molecular weight is 424 g/mol. The van der Waals surface area contributed by atoms with Crippen LogP contribution < -0.4 is 5.11 Å². The third-order valence-corrected chi connectivity index (χ3v) is 8.76. The van der Waals surface area contributed by atoms with Gasteiger partial charge >= 0.3 is 0 Å². The molecule has 2 aliphatic rings. The van der Waals surface area contributed by atoms with E-state index in [1.165, 1.54) is 42.7 Å². The molecule has 1 atom stereocenters. The number of carboxylic acids is 1. The third-order valence-electron chi connectivity index (χ3n) is 4.22. The fourth-order valence-electron chi connectivity index (χ4n) is 3.11. The van der Waals surface area contributed by atoms with Crippen LogP contribution in [0.3, 0.4) is 0 Å². The number of fused-ring (bicyclic) bond motifs is 1. The van der Waals surface area contributed by atoms with Crippen molar-refractivity contribution in [1.82, 2.24) is 9.88 Å². The Morgan fingerprint density at radius 3 is 2.48 bits per heavy atom. The van der Waals surface area contributed by atoms with Crippen LogP contribution in [0, 0.1) is 0 Å². The summed E-state index contributed by atoms with van der Waals surface area (Å²) >= 11 is 2.42. The number of carbonyl (C=O) groups excluding carboxylic acids is 2. The van der Waals surface area contributed by atoms with Crippen LogP contribution in [0.5, 0.6) is 0 Å². The highest BCUT2D eigenvalue weighted by atomic mass is 32.2. The highest BCUT2D eigenvalue weighted by molar-refractivity contribution is 8.22. The fourth-order valence-corrected chi connectivity index (χ4v) is 7.61.